The number of rotatable bonds is 3. The molecule has 0 fully saturated rings. The molecule has 122 valence electrons. The fourth-order valence-corrected chi connectivity index (χ4v) is 2.50. The molecule has 24 heavy (non-hydrogen) atoms. The molecule has 4 rings (SSSR count). The Hall–Kier alpha value is -3.12. The lowest BCUT2D eigenvalue weighted by Gasteiger charge is -2.07. The van der Waals surface area contributed by atoms with Crippen molar-refractivity contribution in [2.24, 2.45) is 0 Å². The van der Waals surface area contributed by atoms with E-state index in [-0.39, 0.29) is 8.67 Å². The number of benzene rings is 2. The molecule has 3 N–H and O–H groups in total. The molecular weight excluding hydrogens is 326 g/mol. The van der Waals surface area contributed by atoms with Gasteiger partial charge in [-0.1, -0.05) is 29.8 Å². The molecule has 0 amide bonds. The van der Waals surface area contributed by atoms with Crippen LogP contribution in [0.15, 0.2) is 54.7 Å². The van der Waals surface area contributed by atoms with Gasteiger partial charge in [0.05, 0.1) is 17.2 Å². The van der Waals surface area contributed by atoms with Crippen LogP contribution >= 0.6 is 11.6 Å². The summed E-state index contributed by atoms with van der Waals surface area (Å²) in [5, 5.41) is 0.577. The van der Waals surface area contributed by atoms with Crippen LogP contribution in [-0.4, -0.2) is 19.9 Å². The minimum absolute atomic E-state index is 0. The summed E-state index contributed by atoms with van der Waals surface area (Å²) in [6, 6.07) is 14.7. The number of nitrogens with one attached hydrogen (secondary N) is 1. The number of para-hydroxylation sites is 2. The van der Waals surface area contributed by atoms with Crippen molar-refractivity contribution in [3.05, 3.63) is 59.8 Å². The number of nitrogen functional groups attached to an aromatic ring is 1. The largest absolute Gasteiger partial charge is 0.437 e. The van der Waals surface area contributed by atoms with Gasteiger partial charge >= 0.3 is 0 Å². The van der Waals surface area contributed by atoms with E-state index >= 15 is 0 Å². The lowest BCUT2D eigenvalue weighted by Crippen LogP contribution is -2.00. The van der Waals surface area contributed by atoms with Crippen LogP contribution in [-0.2, 0) is 0 Å². The molecule has 0 bridgehead atoms. The number of aromatic amines is 1. The van der Waals surface area contributed by atoms with Gasteiger partial charge in [0, 0.05) is 7.88 Å². The lowest BCUT2D eigenvalue weighted by atomic mass is 10.3. The number of aromatic nitrogens is 4. The number of nitrogens with zero attached hydrogens (tertiary/aromatic N) is 3. The molecular formula is C17H16ClN5O. The molecule has 6 nitrogen and oxygen atoms in total. The van der Waals surface area contributed by atoms with Crippen molar-refractivity contribution in [1.82, 2.24) is 19.9 Å². The van der Waals surface area contributed by atoms with Crippen molar-refractivity contribution in [2.45, 2.75) is 0 Å². The average molecular weight is 342 g/mol. The zero-order valence-corrected chi connectivity index (χ0v) is 13.2. The summed E-state index contributed by atoms with van der Waals surface area (Å²) in [5.41, 5.74) is 8.11. The van der Waals surface area contributed by atoms with Gasteiger partial charge in [-0.3, -0.25) is 0 Å². The van der Waals surface area contributed by atoms with E-state index in [9.17, 15) is 0 Å². The predicted molar refractivity (Wildman–Crippen MR) is 97.3 cm³/mol. The van der Waals surface area contributed by atoms with E-state index in [0.29, 0.717) is 28.2 Å². The Morgan fingerprint density at radius 2 is 1.96 bits per heavy atom. The summed E-state index contributed by atoms with van der Waals surface area (Å²) in [6.07, 6.45) is 1.46. The maximum Gasteiger partial charge on any atom is 0.238 e. The first-order valence-corrected chi connectivity index (χ1v) is 7.58. The van der Waals surface area contributed by atoms with E-state index in [1.807, 2.05) is 24.3 Å². The van der Waals surface area contributed by atoms with Crippen LogP contribution in [0.3, 0.4) is 0 Å². The smallest absolute Gasteiger partial charge is 0.238 e. The zero-order chi connectivity index (χ0) is 16.5. The van der Waals surface area contributed by atoms with Crippen LogP contribution in [0.1, 0.15) is 2.85 Å². The van der Waals surface area contributed by atoms with Gasteiger partial charge in [0.15, 0.2) is 17.3 Å². The summed E-state index contributed by atoms with van der Waals surface area (Å²) >= 11 is 5.96. The number of H-pyrrole nitrogens is 1. The first kappa shape index (κ1) is 14.5. The highest BCUT2D eigenvalue weighted by molar-refractivity contribution is 6.30. The van der Waals surface area contributed by atoms with Crippen molar-refractivity contribution in [1.29, 1.82) is 0 Å². The number of imidazole rings is 1. The maximum atomic E-state index is 5.96. The number of hydrogen-bond donors (Lipinski definition) is 2. The summed E-state index contributed by atoms with van der Waals surface area (Å²) in [7, 11) is 0. The fourth-order valence-electron chi connectivity index (χ4n) is 2.32. The SMILES string of the molecule is Nc1ncc(Oc2cccc(Cl)c2)nc1-c1nc2ccccc2[nH]1.[HH].[HH]. The first-order chi connectivity index (χ1) is 11.7. The summed E-state index contributed by atoms with van der Waals surface area (Å²) in [4.78, 5) is 16.2. The van der Waals surface area contributed by atoms with Gasteiger partial charge in [0.25, 0.3) is 0 Å². The number of anilines is 1. The molecule has 2 aromatic carbocycles. The van der Waals surface area contributed by atoms with Gasteiger partial charge in [-0.15, -0.1) is 0 Å². The predicted octanol–water partition coefficient (Wildman–Crippen LogP) is 4.54. The van der Waals surface area contributed by atoms with Gasteiger partial charge < -0.3 is 15.5 Å². The van der Waals surface area contributed by atoms with Crippen LogP contribution in [0.5, 0.6) is 11.6 Å². The van der Waals surface area contributed by atoms with Gasteiger partial charge in [-0.05, 0) is 30.3 Å². The first-order valence-electron chi connectivity index (χ1n) is 7.20. The van der Waals surface area contributed by atoms with Crippen molar-refractivity contribution in [2.75, 3.05) is 5.73 Å². The lowest BCUT2D eigenvalue weighted by molar-refractivity contribution is 0.461. The molecule has 0 spiro atoms. The second-order valence-corrected chi connectivity index (χ2v) is 5.54. The topological polar surface area (TPSA) is 89.7 Å². The monoisotopic (exact) mass is 341 g/mol. The minimum atomic E-state index is 0. The van der Waals surface area contributed by atoms with Gasteiger partial charge in [-0.2, -0.15) is 0 Å². The number of fused-ring (bicyclic) bond motifs is 1. The highest BCUT2D eigenvalue weighted by Crippen LogP contribution is 2.27. The third-order valence-corrected chi connectivity index (χ3v) is 3.65. The van der Waals surface area contributed by atoms with Crippen molar-refractivity contribution < 1.29 is 7.59 Å². The second-order valence-electron chi connectivity index (χ2n) is 5.10. The van der Waals surface area contributed by atoms with Crippen LogP contribution in [0, 0.1) is 0 Å². The zero-order valence-electron chi connectivity index (χ0n) is 12.4. The van der Waals surface area contributed by atoms with E-state index in [0.717, 1.165) is 11.0 Å². The number of nitrogens with two attached hydrogens (primary N) is 1. The maximum absolute atomic E-state index is 5.96. The van der Waals surface area contributed by atoms with Gasteiger partial charge in [0.1, 0.15) is 5.75 Å². The van der Waals surface area contributed by atoms with Crippen LogP contribution in [0.25, 0.3) is 22.6 Å². The molecule has 7 heteroatoms. The standard InChI is InChI=1S/C17H12ClN5O.2H2/c18-10-4-3-5-11(8-10)24-14-9-20-16(19)15(23-14)17-21-12-6-1-2-7-13(12)22-17;;/h1-9H,(H2,19,20)(H,21,22);2*1H. The molecule has 0 saturated heterocycles. The number of hydrogen-bond acceptors (Lipinski definition) is 5. The third-order valence-electron chi connectivity index (χ3n) is 3.41. The normalized spacial score (nSPS) is 10.9. The van der Waals surface area contributed by atoms with Crippen molar-refractivity contribution >= 4 is 28.5 Å². The Morgan fingerprint density at radius 3 is 2.79 bits per heavy atom. The Labute approximate surface area is 145 Å². The molecule has 0 atom stereocenters. The molecule has 2 heterocycles. The Kier molecular flexibility index (Phi) is 3.51. The van der Waals surface area contributed by atoms with Crippen molar-refractivity contribution in [3.63, 3.8) is 0 Å². The number of ether oxygens (including phenoxy) is 1. The average Bonchev–Trinajstić information content (AvgIpc) is 3.00. The molecule has 0 aliphatic rings. The molecule has 0 unspecified atom stereocenters. The van der Waals surface area contributed by atoms with Gasteiger partial charge in [-0.25, -0.2) is 15.0 Å². The van der Waals surface area contributed by atoms with Crippen LogP contribution < -0.4 is 10.5 Å². The third kappa shape index (κ3) is 2.75. The van der Waals surface area contributed by atoms with E-state index < -0.39 is 0 Å². The second kappa shape index (κ2) is 5.82. The Morgan fingerprint density at radius 1 is 1.08 bits per heavy atom. The summed E-state index contributed by atoms with van der Waals surface area (Å²) in [6.45, 7) is 0. The molecule has 2 aromatic heterocycles. The van der Waals surface area contributed by atoms with Crippen molar-refractivity contribution in [3.8, 4) is 23.1 Å². The molecule has 0 aliphatic heterocycles. The molecule has 0 aliphatic carbocycles. The molecule has 0 radical (unpaired) electrons. The summed E-state index contributed by atoms with van der Waals surface area (Å²) in [5.74, 6) is 1.68. The van der Waals surface area contributed by atoms with Crippen LogP contribution in [0.2, 0.25) is 5.02 Å². The Bertz CT molecular complexity index is 1010. The quantitative estimate of drug-likeness (QED) is 0.571. The fraction of sp³-hybridized carbons (Fsp3) is 0. The van der Waals surface area contributed by atoms with Gasteiger partial charge in [0.2, 0.25) is 5.88 Å². The van der Waals surface area contributed by atoms with Crippen LogP contribution in [0.4, 0.5) is 5.82 Å². The van der Waals surface area contributed by atoms with E-state index in [1.54, 1.807) is 24.3 Å². The summed E-state index contributed by atoms with van der Waals surface area (Å²) < 4.78 is 5.70. The molecule has 4 aromatic rings. The minimum Gasteiger partial charge on any atom is -0.437 e. The number of halogens is 1. The van der Waals surface area contributed by atoms with E-state index in [2.05, 4.69) is 19.9 Å². The molecule has 0 saturated carbocycles. The highest BCUT2D eigenvalue weighted by atomic mass is 35.5. The Balaban J connectivity index is 0.00000121. The highest BCUT2D eigenvalue weighted by Gasteiger charge is 2.13. The van der Waals surface area contributed by atoms with E-state index in [1.165, 1.54) is 6.20 Å². The van der Waals surface area contributed by atoms with E-state index in [4.69, 9.17) is 22.1 Å².